The lowest BCUT2D eigenvalue weighted by Crippen LogP contribution is -2.24. The summed E-state index contributed by atoms with van der Waals surface area (Å²) in [5.74, 6) is 0.796. The number of nitrogens with zero attached hydrogens (tertiary/aromatic N) is 2. The first-order valence-corrected chi connectivity index (χ1v) is 9.32. The maximum absolute atomic E-state index is 12.7. The number of rotatable bonds is 4. The first kappa shape index (κ1) is 15.8. The van der Waals surface area contributed by atoms with E-state index in [1.165, 1.54) is 19.3 Å². The van der Waals surface area contributed by atoms with Crippen molar-refractivity contribution in [1.29, 1.82) is 0 Å². The molecule has 1 unspecified atom stereocenters. The number of allylic oxidation sites excluding steroid dienone is 4. The van der Waals surface area contributed by atoms with E-state index < -0.39 is 5.60 Å². The van der Waals surface area contributed by atoms with Gasteiger partial charge in [0.1, 0.15) is 0 Å². The molecule has 1 aromatic carbocycles. The molecule has 2 fully saturated rings. The molecule has 1 amide bonds. The van der Waals surface area contributed by atoms with Gasteiger partial charge in [0.15, 0.2) is 0 Å². The molecule has 1 atom stereocenters. The first-order valence-electron chi connectivity index (χ1n) is 9.32. The molecule has 1 heterocycles. The Labute approximate surface area is 152 Å². The van der Waals surface area contributed by atoms with Crippen LogP contribution in [0.25, 0.3) is 16.7 Å². The number of benzene rings is 1. The van der Waals surface area contributed by atoms with Crippen LogP contribution in [0, 0.1) is 11.3 Å². The fraction of sp³-hybridized carbons (Fsp3) is 0.429. The van der Waals surface area contributed by atoms with E-state index in [0.29, 0.717) is 11.4 Å². The number of aromatic nitrogens is 2. The molecule has 3 aliphatic rings. The van der Waals surface area contributed by atoms with E-state index in [4.69, 9.17) is 0 Å². The highest BCUT2D eigenvalue weighted by Gasteiger charge is 2.61. The Hall–Kier alpha value is -2.40. The molecule has 2 N–H and O–H groups in total. The van der Waals surface area contributed by atoms with Crippen molar-refractivity contribution in [2.75, 3.05) is 5.32 Å². The quantitative estimate of drug-likeness (QED) is 0.882. The third kappa shape index (κ3) is 2.27. The molecule has 0 radical (unpaired) electrons. The Morgan fingerprint density at radius 2 is 2.15 bits per heavy atom. The lowest BCUT2D eigenvalue weighted by atomic mass is 9.80. The van der Waals surface area contributed by atoms with Crippen molar-refractivity contribution in [3.05, 3.63) is 42.0 Å². The zero-order chi connectivity index (χ0) is 18.1. The molecule has 0 saturated heterocycles. The number of anilines is 1. The third-order valence-electron chi connectivity index (χ3n) is 6.24. The predicted molar refractivity (Wildman–Crippen MR) is 101 cm³/mol. The highest BCUT2D eigenvalue weighted by molar-refractivity contribution is 5.97. The van der Waals surface area contributed by atoms with Crippen molar-refractivity contribution in [1.82, 2.24) is 9.55 Å². The normalized spacial score (nSPS) is 22.7. The van der Waals surface area contributed by atoms with Crippen molar-refractivity contribution in [3.63, 3.8) is 0 Å². The van der Waals surface area contributed by atoms with E-state index in [-0.39, 0.29) is 11.8 Å². The van der Waals surface area contributed by atoms with Crippen LogP contribution in [0.15, 0.2) is 36.4 Å². The highest BCUT2D eigenvalue weighted by Crippen LogP contribution is 2.65. The minimum atomic E-state index is -0.929. The second-order valence-corrected chi connectivity index (χ2v) is 8.45. The molecule has 2 aromatic rings. The number of imidazole rings is 1. The maximum atomic E-state index is 12.7. The van der Waals surface area contributed by atoms with E-state index in [1.807, 2.05) is 41.0 Å². The maximum Gasteiger partial charge on any atom is 0.230 e. The van der Waals surface area contributed by atoms with Crippen LogP contribution in [-0.2, 0) is 10.4 Å². The summed E-state index contributed by atoms with van der Waals surface area (Å²) in [6.45, 7) is 3.54. The summed E-state index contributed by atoms with van der Waals surface area (Å²) in [5, 5.41) is 13.4. The molecule has 5 nitrogen and oxygen atoms in total. The Morgan fingerprint density at radius 3 is 2.69 bits per heavy atom. The van der Waals surface area contributed by atoms with E-state index in [9.17, 15) is 9.90 Å². The van der Waals surface area contributed by atoms with Gasteiger partial charge in [-0.05, 0) is 68.4 Å². The van der Waals surface area contributed by atoms with Gasteiger partial charge < -0.3 is 5.11 Å². The molecular weight excluding hydrogens is 326 g/mol. The number of hydrogen-bond donors (Lipinski definition) is 2. The molecule has 0 aliphatic heterocycles. The molecule has 5 heteroatoms. The Bertz CT molecular complexity index is 987. The molecule has 0 bridgehead atoms. The average molecular weight is 349 g/mol. The molecular formula is C21H23N3O2. The molecule has 1 spiro atoms. The number of aliphatic hydroxyl groups is 1. The molecule has 2 saturated carbocycles. The van der Waals surface area contributed by atoms with Crippen molar-refractivity contribution in [3.8, 4) is 0 Å². The van der Waals surface area contributed by atoms with Gasteiger partial charge in [-0.2, -0.15) is 0 Å². The SMILES string of the molecule is CC(C)(O)c1ccc2nc(NC(=O)C3CC34CCC4)n(C3=CC=C3)c2c1. The largest absolute Gasteiger partial charge is 0.386 e. The summed E-state index contributed by atoms with van der Waals surface area (Å²) in [4.78, 5) is 17.4. The fourth-order valence-electron chi connectivity index (χ4n) is 4.23. The number of carbonyl (C=O) groups excluding carboxylic acids is 1. The Balaban J connectivity index is 1.53. The van der Waals surface area contributed by atoms with Crippen LogP contribution in [0.5, 0.6) is 0 Å². The minimum Gasteiger partial charge on any atom is -0.386 e. The average Bonchev–Trinajstić information content (AvgIpc) is 3.18. The van der Waals surface area contributed by atoms with Gasteiger partial charge in [0, 0.05) is 11.6 Å². The standard InChI is InChI=1S/C21H23N3O2/c1-20(2,26)13-7-8-16-17(11-13)24(14-5-3-6-14)19(22-16)23-18(25)15-12-21(15)9-4-10-21/h3,5-8,11,15,26H,4,9-10,12H2,1-2H3,(H,22,23,25). The summed E-state index contributed by atoms with van der Waals surface area (Å²) in [6.07, 6.45) is 10.6. The first-order chi connectivity index (χ1) is 12.4. The smallest absolute Gasteiger partial charge is 0.230 e. The number of carbonyl (C=O) groups is 1. The van der Waals surface area contributed by atoms with Crippen LogP contribution in [-0.4, -0.2) is 20.6 Å². The molecule has 5 rings (SSSR count). The van der Waals surface area contributed by atoms with Crippen molar-refractivity contribution >= 4 is 28.6 Å². The highest BCUT2D eigenvalue weighted by atomic mass is 16.3. The predicted octanol–water partition coefficient (Wildman–Crippen LogP) is 3.80. The topological polar surface area (TPSA) is 67.2 Å². The fourth-order valence-corrected chi connectivity index (χ4v) is 4.23. The summed E-state index contributed by atoms with van der Waals surface area (Å²) in [6, 6.07) is 5.75. The number of nitrogens with one attached hydrogen (secondary N) is 1. The van der Waals surface area contributed by atoms with Crippen molar-refractivity contribution < 1.29 is 9.90 Å². The van der Waals surface area contributed by atoms with Gasteiger partial charge in [0.05, 0.1) is 16.6 Å². The van der Waals surface area contributed by atoms with Gasteiger partial charge in [-0.1, -0.05) is 18.6 Å². The number of amides is 1. The lowest BCUT2D eigenvalue weighted by molar-refractivity contribution is -0.118. The minimum absolute atomic E-state index is 0.0906. The summed E-state index contributed by atoms with van der Waals surface area (Å²) in [7, 11) is 0. The van der Waals surface area contributed by atoms with E-state index in [0.717, 1.165) is 28.7 Å². The van der Waals surface area contributed by atoms with E-state index >= 15 is 0 Å². The molecule has 1 aromatic heterocycles. The van der Waals surface area contributed by atoms with Gasteiger partial charge >= 0.3 is 0 Å². The monoisotopic (exact) mass is 349 g/mol. The van der Waals surface area contributed by atoms with Gasteiger partial charge in [-0.3, -0.25) is 14.7 Å². The van der Waals surface area contributed by atoms with Crippen LogP contribution in [0.1, 0.15) is 45.1 Å². The van der Waals surface area contributed by atoms with E-state index in [2.05, 4.69) is 10.3 Å². The van der Waals surface area contributed by atoms with Crippen molar-refractivity contribution in [2.45, 2.75) is 45.1 Å². The van der Waals surface area contributed by atoms with Gasteiger partial charge in [0.25, 0.3) is 0 Å². The van der Waals surface area contributed by atoms with Crippen LogP contribution < -0.4 is 5.32 Å². The third-order valence-corrected chi connectivity index (χ3v) is 6.24. The second-order valence-electron chi connectivity index (χ2n) is 8.45. The van der Waals surface area contributed by atoms with Gasteiger partial charge in [-0.25, -0.2) is 4.98 Å². The van der Waals surface area contributed by atoms with Crippen molar-refractivity contribution in [2.24, 2.45) is 11.3 Å². The van der Waals surface area contributed by atoms with E-state index in [1.54, 1.807) is 13.8 Å². The summed E-state index contributed by atoms with van der Waals surface area (Å²) in [5.41, 5.74) is 2.88. The number of fused-ring (bicyclic) bond motifs is 1. The molecule has 3 aliphatic carbocycles. The van der Waals surface area contributed by atoms with Crippen LogP contribution in [0.3, 0.4) is 0 Å². The van der Waals surface area contributed by atoms with Gasteiger partial charge in [0.2, 0.25) is 11.9 Å². The van der Waals surface area contributed by atoms with Gasteiger partial charge in [-0.15, -0.1) is 0 Å². The summed E-state index contributed by atoms with van der Waals surface area (Å²) >= 11 is 0. The molecule has 134 valence electrons. The Morgan fingerprint density at radius 1 is 1.38 bits per heavy atom. The van der Waals surface area contributed by atoms with Crippen LogP contribution >= 0.6 is 0 Å². The zero-order valence-corrected chi connectivity index (χ0v) is 15.1. The zero-order valence-electron chi connectivity index (χ0n) is 15.1. The lowest BCUT2D eigenvalue weighted by Gasteiger charge is -2.26. The van der Waals surface area contributed by atoms with Crippen LogP contribution in [0.4, 0.5) is 5.95 Å². The summed E-state index contributed by atoms with van der Waals surface area (Å²) < 4.78 is 1.97. The van der Waals surface area contributed by atoms with Crippen LogP contribution in [0.2, 0.25) is 0 Å². The Kier molecular flexibility index (Phi) is 3.09. The molecule has 26 heavy (non-hydrogen) atoms. The number of hydrogen-bond acceptors (Lipinski definition) is 3. The second kappa shape index (κ2) is 5.07.